The van der Waals surface area contributed by atoms with Crippen LogP contribution in [0, 0.1) is 0 Å². The summed E-state index contributed by atoms with van der Waals surface area (Å²) >= 11 is 2.27. The van der Waals surface area contributed by atoms with Crippen LogP contribution in [0.25, 0.3) is 0 Å². The van der Waals surface area contributed by atoms with Crippen molar-refractivity contribution in [3.05, 3.63) is 9.89 Å². The number of hydrogen-bond donors (Lipinski definition) is 0. The Morgan fingerprint density at radius 3 is 1.50 bits per heavy atom. The number of rotatable bonds is 1. The number of halogens is 6. The molecule has 0 nitrogen and oxygen atoms in total. The molecule has 0 amide bonds. The van der Waals surface area contributed by atoms with E-state index in [2.05, 4.69) is 15.9 Å². The second kappa shape index (κ2) is 1.69. The molecule has 0 saturated heterocycles. The zero-order chi connectivity index (χ0) is 8.69. The Morgan fingerprint density at radius 1 is 1.20 bits per heavy atom. The summed E-state index contributed by atoms with van der Waals surface area (Å²) in [6.45, 7) is 0.887. The molecule has 0 aliphatic carbocycles. The van der Waals surface area contributed by atoms with Crippen LogP contribution in [0.4, 0.5) is 19.4 Å². The van der Waals surface area contributed by atoms with E-state index in [-0.39, 0.29) is 0 Å². The lowest BCUT2D eigenvalue weighted by Crippen LogP contribution is -1.99. The van der Waals surface area contributed by atoms with Gasteiger partial charge in [0.15, 0.2) is 0 Å². The van der Waals surface area contributed by atoms with Crippen molar-refractivity contribution in [1.29, 1.82) is 0 Å². The highest BCUT2D eigenvalue weighted by atomic mass is 79.9. The van der Waals surface area contributed by atoms with Crippen molar-refractivity contribution < 1.29 is 19.4 Å². The van der Waals surface area contributed by atoms with Crippen molar-refractivity contribution in [1.82, 2.24) is 0 Å². The summed E-state index contributed by atoms with van der Waals surface area (Å²) in [5, 5.41) is -0.986. The lowest BCUT2D eigenvalue weighted by atomic mass is 10.8. The monoisotopic (exact) mass is 246 g/mol. The molecule has 0 aromatic carbocycles. The first-order chi connectivity index (χ1) is 3.89. The van der Waals surface area contributed by atoms with Crippen molar-refractivity contribution >= 4 is 26.2 Å². The van der Waals surface area contributed by atoms with Gasteiger partial charge in [0.05, 0.1) is 5.41 Å². The molecular weight excluding hydrogens is 243 g/mol. The van der Waals surface area contributed by atoms with Crippen molar-refractivity contribution in [2.45, 2.75) is 6.92 Å². The molecule has 0 bridgehead atoms. The molecule has 0 saturated carbocycles. The molecule has 0 unspecified atom stereocenters. The van der Waals surface area contributed by atoms with Gasteiger partial charge < -0.3 is 0 Å². The fourth-order valence-corrected chi connectivity index (χ4v) is 1.98. The smallest absolute Gasteiger partial charge is 0.0941 e. The third kappa shape index (κ3) is 8.22. The van der Waals surface area contributed by atoms with E-state index in [9.17, 15) is 19.4 Å². The van der Waals surface area contributed by atoms with Gasteiger partial charge in [-0.2, -0.15) is 0 Å². The zero-order valence-corrected chi connectivity index (χ0v) is 7.16. The molecular formula is C3H4BrF5S. The third-order valence-electron chi connectivity index (χ3n) is 0.385. The average Bonchev–Trinajstić information content (AvgIpc) is 1.12. The van der Waals surface area contributed by atoms with Crippen LogP contribution in [0.5, 0.6) is 0 Å². The van der Waals surface area contributed by atoms with E-state index in [1.807, 2.05) is 0 Å². The molecule has 0 N–H and O–H groups in total. The molecule has 0 radical (unpaired) electrons. The Kier molecular flexibility index (Phi) is 1.72. The van der Waals surface area contributed by atoms with Crippen LogP contribution in [0.15, 0.2) is 9.89 Å². The molecule has 0 aliphatic heterocycles. The van der Waals surface area contributed by atoms with E-state index >= 15 is 0 Å². The Balaban J connectivity index is 4.96. The van der Waals surface area contributed by atoms with Gasteiger partial charge in [-0.1, -0.05) is 35.4 Å². The van der Waals surface area contributed by atoms with Gasteiger partial charge in [0, 0.05) is 4.48 Å². The minimum atomic E-state index is -9.31. The van der Waals surface area contributed by atoms with E-state index in [1.54, 1.807) is 0 Å². The quantitative estimate of drug-likeness (QED) is 0.596. The summed E-state index contributed by atoms with van der Waals surface area (Å²) in [4.78, 5) is 0. The largest absolute Gasteiger partial charge is 0.305 e. The van der Waals surface area contributed by atoms with Crippen molar-refractivity contribution in [2.75, 3.05) is 0 Å². The second-order valence-electron chi connectivity index (χ2n) is 1.73. The average molecular weight is 247 g/mol. The molecule has 0 spiro atoms. The van der Waals surface area contributed by atoms with Crippen molar-refractivity contribution in [2.24, 2.45) is 0 Å². The maximum atomic E-state index is 11.4. The van der Waals surface area contributed by atoms with Gasteiger partial charge >= 0.3 is 10.2 Å². The normalized spacial score (nSPS) is 21.7. The SMILES string of the molecule is CC(Br)=CS(F)(F)(F)(F)F. The summed E-state index contributed by atoms with van der Waals surface area (Å²) in [7, 11) is -9.31. The minimum Gasteiger partial charge on any atom is -0.0941 e. The van der Waals surface area contributed by atoms with Gasteiger partial charge in [0.25, 0.3) is 0 Å². The maximum absolute atomic E-state index is 11.4. The van der Waals surface area contributed by atoms with Crippen LogP contribution in [0.1, 0.15) is 6.92 Å². The third-order valence-corrected chi connectivity index (χ3v) is 1.72. The first kappa shape index (κ1) is 10.2. The standard InChI is InChI=1S/C3H4BrF5S/c1-3(4)2-10(5,6,7,8)9/h2H,1H3. The van der Waals surface area contributed by atoms with Crippen molar-refractivity contribution in [3.63, 3.8) is 0 Å². The summed E-state index contributed by atoms with van der Waals surface area (Å²) < 4.78 is 56.2. The second-order valence-corrected chi connectivity index (χ2v) is 5.28. The molecule has 64 valence electrons. The molecule has 0 aromatic rings. The molecule has 0 aromatic heterocycles. The van der Waals surface area contributed by atoms with Gasteiger partial charge in [-0.25, -0.2) is 0 Å². The number of hydrogen-bond acceptors (Lipinski definition) is 0. The van der Waals surface area contributed by atoms with Crippen LogP contribution in [0.3, 0.4) is 0 Å². The maximum Gasteiger partial charge on any atom is 0.305 e. The highest BCUT2D eigenvalue weighted by Crippen LogP contribution is 2.99. The Labute approximate surface area is 62.9 Å². The van der Waals surface area contributed by atoms with Crippen LogP contribution in [-0.4, -0.2) is 0 Å². The highest BCUT2D eigenvalue weighted by Gasteiger charge is 2.61. The van der Waals surface area contributed by atoms with Crippen LogP contribution in [0.2, 0.25) is 0 Å². The summed E-state index contributed by atoms with van der Waals surface area (Å²) in [5.74, 6) is 0. The van der Waals surface area contributed by atoms with Gasteiger partial charge in [-0.3, -0.25) is 0 Å². The highest BCUT2D eigenvalue weighted by molar-refractivity contribution is 9.11. The topological polar surface area (TPSA) is 0 Å². The van der Waals surface area contributed by atoms with Gasteiger partial charge in [0.1, 0.15) is 0 Å². The lowest BCUT2D eigenvalue weighted by molar-refractivity contribution is 0.384. The molecule has 0 rings (SSSR count). The zero-order valence-electron chi connectivity index (χ0n) is 4.75. The molecule has 0 atom stereocenters. The Bertz CT molecular complexity index is 170. The van der Waals surface area contributed by atoms with E-state index in [0.717, 1.165) is 6.92 Å². The summed E-state index contributed by atoms with van der Waals surface area (Å²) in [6.07, 6.45) is 0. The van der Waals surface area contributed by atoms with Crippen LogP contribution >= 0.6 is 26.2 Å². The van der Waals surface area contributed by atoms with E-state index in [4.69, 9.17) is 0 Å². The van der Waals surface area contributed by atoms with Gasteiger partial charge in [0.2, 0.25) is 0 Å². The Hall–Kier alpha value is 0.220. The van der Waals surface area contributed by atoms with E-state index < -0.39 is 20.1 Å². The first-order valence-electron chi connectivity index (χ1n) is 1.98. The summed E-state index contributed by atoms with van der Waals surface area (Å²) in [6, 6.07) is 0. The van der Waals surface area contributed by atoms with Gasteiger partial charge in [-0.15, -0.1) is 0 Å². The van der Waals surface area contributed by atoms with Crippen molar-refractivity contribution in [3.8, 4) is 0 Å². The number of allylic oxidation sites excluding steroid dienone is 1. The summed E-state index contributed by atoms with van der Waals surface area (Å²) in [5.41, 5.74) is 0. The minimum absolute atomic E-state index is 0.633. The predicted octanol–water partition coefficient (Wildman–Crippen LogP) is 4.54. The van der Waals surface area contributed by atoms with Gasteiger partial charge in [-0.05, 0) is 6.92 Å². The van der Waals surface area contributed by atoms with E-state index in [1.165, 1.54) is 0 Å². The molecule has 0 aliphatic rings. The molecule has 0 fully saturated rings. The van der Waals surface area contributed by atoms with Crippen LogP contribution < -0.4 is 0 Å². The predicted molar refractivity (Wildman–Crippen MR) is 35.8 cm³/mol. The lowest BCUT2D eigenvalue weighted by Gasteiger charge is -2.36. The van der Waals surface area contributed by atoms with Crippen LogP contribution in [-0.2, 0) is 0 Å². The molecule has 0 heterocycles. The first-order valence-corrected chi connectivity index (χ1v) is 4.79. The fourth-order valence-electron chi connectivity index (χ4n) is 0.307. The molecule has 10 heavy (non-hydrogen) atoms. The fraction of sp³-hybridized carbons (Fsp3) is 0.333. The Morgan fingerprint density at radius 2 is 1.50 bits per heavy atom. The van der Waals surface area contributed by atoms with E-state index in [0.29, 0.717) is 0 Å². The molecule has 7 heteroatoms.